The zero-order valence-electron chi connectivity index (χ0n) is 10.4. The van der Waals surface area contributed by atoms with Gasteiger partial charge in [0, 0.05) is 12.0 Å². The van der Waals surface area contributed by atoms with Crippen LogP contribution >= 0.6 is 0 Å². The van der Waals surface area contributed by atoms with Gasteiger partial charge >= 0.3 is 10.9 Å². The van der Waals surface area contributed by atoms with Gasteiger partial charge in [-0.2, -0.15) is 13.8 Å². The summed E-state index contributed by atoms with van der Waals surface area (Å²) in [7, 11) is 0. The standard InChI is InChI=1S/C12H9F4N3OS/c13-7-4-2-1-3-6(7)9-5-8(14)10-17-12(18-19(9)10)21(20)11(15)16/h1-4,8-9,11H,5H2/t8-,9-,21+/m0/s1. The van der Waals surface area contributed by atoms with E-state index in [9.17, 15) is 22.1 Å². The molecule has 2 aromatic rings. The van der Waals surface area contributed by atoms with E-state index in [4.69, 9.17) is 0 Å². The summed E-state index contributed by atoms with van der Waals surface area (Å²) in [6, 6.07) is 4.97. The Labute approximate surface area is 120 Å². The zero-order chi connectivity index (χ0) is 15.1. The van der Waals surface area contributed by atoms with Gasteiger partial charge in [0.15, 0.2) is 12.0 Å². The van der Waals surface area contributed by atoms with Crippen LogP contribution in [0.2, 0.25) is 0 Å². The molecule has 2 heterocycles. The fraction of sp³-hybridized carbons (Fsp3) is 0.333. The number of rotatable bonds is 3. The van der Waals surface area contributed by atoms with Crippen LogP contribution in [0.15, 0.2) is 29.4 Å². The molecule has 0 radical (unpaired) electrons. The molecular formula is C12H9F4N3OS. The molecule has 9 heteroatoms. The highest BCUT2D eigenvalue weighted by molar-refractivity contribution is 7.91. The smallest absolute Gasteiger partial charge is 0.405 e. The van der Waals surface area contributed by atoms with Crippen LogP contribution in [0.4, 0.5) is 17.6 Å². The van der Waals surface area contributed by atoms with Crippen LogP contribution < -0.4 is 0 Å². The molecule has 1 aliphatic heterocycles. The molecule has 112 valence electrons. The molecule has 1 aliphatic rings. The first kappa shape index (κ1) is 14.3. The van der Waals surface area contributed by atoms with Crippen molar-refractivity contribution in [1.29, 1.82) is 0 Å². The Kier molecular flexibility index (Phi) is 3.62. The highest BCUT2D eigenvalue weighted by Gasteiger charge is 2.40. The Balaban J connectivity index is 2.01. The number of halogens is 4. The molecule has 0 saturated heterocycles. The number of hydrogen-bond acceptors (Lipinski definition) is 3. The van der Waals surface area contributed by atoms with Gasteiger partial charge in [0.25, 0.3) is 0 Å². The summed E-state index contributed by atoms with van der Waals surface area (Å²) in [6.45, 7) is 0. The Morgan fingerprint density at radius 1 is 1.33 bits per heavy atom. The summed E-state index contributed by atoms with van der Waals surface area (Å²) >= 11 is -2.72. The lowest BCUT2D eigenvalue weighted by molar-refractivity contribution is 0.233. The van der Waals surface area contributed by atoms with E-state index in [0.29, 0.717) is 0 Å². The van der Waals surface area contributed by atoms with E-state index in [-0.39, 0.29) is 17.8 Å². The number of benzene rings is 1. The molecule has 1 aromatic carbocycles. The Morgan fingerprint density at radius 3 is 2.71 bits per heavy atom. The van der Waals surface area contributed by atoms with Crippen LogP contribution in [-0.4, -0.2) is 25.1 Å². The Bertz CT molecular complexity index is 666. The molecule has 4 nitrogen and oxygen atoms in total. The van der Waals surface area contributed by atoms with Gasteiger partial charge in [-0.05, 0) is 6.07 Å². The maximum Gasteiger partial charge on any atom is 0.405 e. The summed E-state index contributed by atoms with van der Waals surface area (Å²) in [5, 5.41) is 3.04. The quantitative estimate of drug-likeness (QED) is 0.646. The van der Waals surface area contributed by atoms with Crippen molar-refractivity contribution in [2.75, 3.05) is 0 Å². The lowest BCUT2D eigenvalue weighted by Crippen LogP contribution is -2.15. The third kappa shape index (κ3) is 2.40. The molecule has 1 aromatic heterocycles. The molecule has 0 unspecified atom stereocenters. The topological polar surface area (TPSA) is 53.8 Å². The average Bonchev–Trinajstić information content (AvgIpc) is 3.00. The van der Waals surface area contributed by atoms with Crippen LogP contribution in [0.5, 0.6) is 0 Å². The van der Waals surface area contributed by atoms with Crippen LogP contribution in [0.3, 0.4) is 0 Å². The highest BCUT2D eigenvalue weighted by Crippen LogP contribution is 2.40. The molecule has 0 N–H and O–H groups in total. The maximum absolute atomic E-state index is 13.9. The minimum absolute atomic E-state index is 0.0855. The first-order valence-electron chi connectivity index (χ1n) is 6.02. The molecule has 0 aliphatic carbocycles. The molecule has 21 heavy (non-hydrogen) atoms. The number of alkyl halides is 3. The van der Waals surface area contributed by atoms with Crippen molar-refractivity contribution >= 4 is 11.2 Å². The van der Waals surface area contributed by atoms with Gasteiger partial charge in [-0.25, -0.2) is 13.5 Å². The van der Waals surface area contributed by atoms with E-state index >= 15 is 0 Å². The van der Waals surface area contributed by atoms with E-state index in [2.05, 4.69) is 10.1 Å². The minimum atomic E-state index is -3.15. The normalized spacial score (nSPS) is 22.6. The molecular weight excluding hydrogens is 310 g/mol. The Hall–Kier alpha value is -1.61. The fourth-order valence-corrected chi connectivity index (χ4v) is 2.84. The monoisotopic (exact) mass is 319 g/mol. The van der Waals surface area contributed by atoms with Crippen LogP contribution in [0.1, 0.15) is 30.0 Å². The predicted molar refractivity (Wildman–Crippen MR) is 65.4 cm³/mol. The van der Waals surface area contributed by atoms with Crippen molar-refractivity contribution in [3.63, 3.8) is 0 Å². The van der Waals surface area contributed by atoms with Gasteiger partial charge in [-0.1, -0.05) is 18.2 Å². The molecule has 3 rings (SSSR count). The number of fused-ring (bicyclic) bond motifs is 1. The van der Waals surface area contributed by atoms with Crippen molar-refractivity contribution in [3.8, 4) is 0 Å². The second-order valence-electron chi connectivity index (χ2n) is 4.50. The number of nitrogens with zero attached hydrogens (tertiary/aromatic N) is 3. The second kappa shape index (κ2) is 5.30. The molecule has 0 fully saturated rings. The number of aromatic nitrogens is 3. The van der Waals surface area contributed by atoms with Crippen molar-refractivity contribution in [2.45, 2.75) is 29.5 Å². The predicted octanol–water partition coefficient (Wildman–Crippen LogP) is 2.75. The third-order valence-electron chi connectivity index (χ3n) is 3.25. The largest absolute Gasteiger partial charge is 0.604 e. The van der Waals surface area contributed by atoms with E-state index < -0.39 is 40.1 Å². The van der Waals surface area contributed by atoms with Crippen LogP contribution in [-0.2, 0) is 11.2 Å². The lowest BCUT2D eigenvalue weighted by Gasteiger charge is -2.12. The Morgan fingerprint density at radius 2 is 2.05 bits per heavy atom. The lowest BCUT2D eigenvalue weighted by atomic mass is 10.0. The summed E-state index contributed by atoms with van der Waals surface area (Å²) in [4.78, 5) is 3.57. The van der Waals surface area contributed by atoms with Gasteiger partial charge in [-0.15, -0.1) is 5.10 Å². The van der Waals surface area contributed by atoms with Crippen molar-refractivity contribution in [2.24, 2.45) is 0 Å². The number of hydrogen-bond donors (Lipinski definition) is 0. The van der Waals surface area contributed by atoms with Crippen molar-refractivity contribution in [1.82, 2.24) is 14.8 Å². The van der Waals surface area contributed by atoms with Gasteiger partial charge in [0.05, 0.1) is 17.2 Å². The summed E-state index contributed by atoms with van der Waals surface area (Å²) in [5.74, 6) is -3.90. The maximum atomic E-state index is 13.9. The third-order valence-corrected chi connectivity index (χ3v) is 4.11. The second-order valence-corrected chi connectivity index (χ2v) is 5.81. The summed E-state index contributed by atoms with van der Waals surface area (Å²) < 4.78 is 64.9. The van der Waals surface area contributed by atoms with Gasteiger partial charge in [0.1, 0.15) is 5.82 Å². The van der Waals surface area contributed by atoms with Crippen LogP contribution in [0.25, 0.3) is 0 Å². The molecule has 0 bridgehead atoms. The summed E-state index contributed by atoms with van der Waals surface area (Å²) in [6.07, 6.45) is -1.65. The first-order valence-corrected chi connectivity index (χ1v) is 7.24. The van der Waals surface area contributed by atoms with Crippen LogP contribution in [0, 0.1) is 5.82 Å². The van der Waals surface area contributed by atoms with Gasteiger partial charge < -0.3 is 4.55 Å². The molecule has 0 spiro atoms. The van der Waals surface area contributed by atoms with E-state index in [1.54, 1.807) is 6.07 Å². The van der Waals surface area contributed by atoms with Gasteiger partial charge in [-0.3, -0.25) is 0 Å². The SMILES string of the molecule is [O-][S@@+](c1nc2n(n1)[C@H](c1ccccc1F)C[C@@H]2F)C(F)F. The van der Waals surface area contributed by atoms with Gasteiger partial charge in [0.2, 0.25) is 0 Å². The van der Waals surface area contributed by atoms with E-state index in [1.807, 2.05) is 0 Å². The molecule has 0 amide bonds. The minimum Gasteiger partial charge on any atom is -0.604 e. The van der Waals surface area contributed by atoms with E-state index in [1.165, 1.54) is 18.2 Å². The summed E-state index contributed by atoms with van der Waals surface area (Å²) in [5.41, 5.74) is 0.193. The highest BCUT2D eigenvalue weighted by atomic mass is 32.2. The molecule has 0 saturated carbocycles. The first-order chi connectivity index (χ1) is 9.99. The molecule has 3 atom stereocenters. The van der Waals surface area contributed by atoms with Crippen molar-refractivity contribution in [3.05, 3.63) is 41.5 Å². The van der Waals surface area contributed by atoms with Crippen molar-refractivity contribution < 1.29 is 22.1 Å². The zero-order valence-corrected chi connectivity index (χ0v) is 11.2. The fourth-order valence-electron chi connectivity index (χ4n) is 2.33. The average molecular weight is 319 g/mol. The van der Waals surface area contributed by atoms with E-state index in [0.717, 1.165) is 4.68 Å².